The van der Waals surface area contributed by atoms with E-state index in [9.17, 15) is 9.59 Å². The Hall–Kier alpha value is -3.32. The number of fused-ring (bicyclic) bond motifs is 1. The Balaban J connectivity index is 1.51. The van der Waals surface area contributed by atoms with Crippen LogP contribution in [0.15, 0.2) is 59.7 Å². The van der Waals surface area contributed by atoms with Gasteiger partial charge >= 0.3 is 5.69 Å². The topological polar surface area (TPSA) is 95.6 Å². The number of carbonyl (C=O) groups is 1. The van der Waals surface area contributed by atoms with Crippen molar-refractivity contribution in [2.24, 2.45) is 0 Å². The van der Waals surface area contributed by atoms with E-state index < -0.39 is 0 Å². The molecule has 2 heterocycles. The average Bonchev–Trinajstić information content (AvgIpc) is 3.27. The maximum atomic E-state index is 12.5. The van der Waals surface area contributed by atoms with Crippen LogP contribution in [0.1, 0.15) is 28.9 Å². The van der Waals surface area contributed by atoms with Crippen LogP contribution in [0.2, 0.25) is 5.02 Å². The Morgan fingerprint density at radius 2 is 1.89 bits per heavy atom. The van der Waals surface area contributed by atoms with Crippen molar-refractivity contribution in [2.45, 2.75) is 13.0 Å². The van der Waals surface area contributed by atoms with Gasteiger partial charge in [-0.3, -0.25) is 4.79 Å². The SMILES string of the molecule is CC(NC(=O)c1cnn(-c2ccc(Cl)cc2)c1)c1ccc2[nH]c(=O)[nH]c2c1. The summed E-state index contributed by atoms with van der Waals surface area (Å²) < 4.78 is 1.62. The molecule has 0 aliphatic rings. The highest BCUT2D eigenvalue weighted by molar-refractivity contribution is 6.30. The molecule has 0 bridgehead atoms. The van der Waals surface area contributed by atoms with Crippen molar-refractivity contribution < 1.29 is 4.79 Å². The predicted octanol–water partition coefficient (Wildman–Crippen LogP) is 3.19. The first kappa shape index (κ1) is 17.1. The van der Waals surface area contributed by atoms with Gasteiger partial charge in [0.15, 0.2) is 0 Å². The first-order valence-corrected chi connectivity index (χ1v) is 8.71. The van der Waals surface area contributed by atoms with Gasteiger partial charge < -0.3 is 15.3 Å². The van der Waals surface area contributed by atoms with Crippen LogP contribution in [0.3, 0.4) is 0 Å². The number of hydrogen-bond donors (Lipinski definition) is 3. The quantitative estimate of drug-likeness (QED) is 0.506. The van der Waals surface area contributed by atoms with Crippen LogP contribution < -0.4 is 11.0 Å². The molecule has 0 saturated carbocycles. The van der Waals surface area contributed by atoms with E-state index in [1.807, 2.05) is 37.3 Å². The lowest BCUT2D eigenvalue weighted by atomic mass is 10.1. The number of nitrogens with one attached hydrogen (secondary N) is 3. The van der Waals surface area contributed by atoms with E-state index in [-0.39, 0.29) is 17.6 Å². The Bertz CT molecular complexity index is 1170. The van der Waals surface area contributed by atoms with Crippen LogP contribution in [0.25, 0.3) is 16.7 Å². The Morgan fingerprint density at radius 1 is 1.15 bits per heavy atom. The summed E-state index contributed by atoms with van der Waals surface area (Å²) in [6.07, 6.45) is 3.18. The number of aromatic amines is 2. The molecule has 136 valence electrons. The number of rotatable bonds is 4. The summed E-state index contributed by atoms with van der Waals surface area (Å²) in [6.45, 7) is 1.88. The number of nitrogens with zero attached hydrogens (tertiary/aromatic N) is 2. The molecule has 2 aromatic carbocycles. The van der Waals surface area contributed by atoms with Gasteiger partial charge in [0, 0.05) is 11.2 Å². The number of carbonyl (C=O) groups excluding carboxylic acids is 1. The highest BCUT2D eigenvalue weighted by Crippen LogP contribution is 2.18. The summed E-state index contributed by atoms with van der Waals surface area (Å²) in [5.41, 5.74) is 3.33. The minimum absolute atomic E-state index is 0.231. The molecule has 1 amide bonds. The molecule has 0 radical (unpaired) electrons. The molecule has 8 heteroatoms. The predicted molar refractivity (Wildman–Crippen MR) is 103 cm³/mol. The van der Waals surface area contributed by atoms with Crippen molar-refractivity contribution in [2.75, 3.05) is 0 Å². The van der Waals surface area contributed by atoms with Crippen molar-refractivity contribution >= 4 is 28.5 Å². The molecule has 0 aliphatic carbocycles. The summed E-state index contributed by atoms with van der Waals surface area (Å²) >= 11 is 5.89. The first-order valence-electron chi connectivity index (χ1n) is 8.33. The maximum Gasteiger partial charge on any atom is 0.323 e. The van der Waals surface area contributed by atoms with E-state index in [0.29, 0.717) is 16.1 Å². The van der Waals surface area contributed by atoms with Crippen LogP contribution in [-0.2, 0) is 0 Å². The van der Waals surface area contributed by atoms with E-state index in [1.165, 1.54) is 6.20 Å². The largest absolute Gasteiger partial charge is 0.345 e. The Labute approximate surface area is 159 Å². The second kappa shape index (κ2) is 6.77. The molecule has 1 unspecified atom stereocenters. The lowest BCUT2D eigenvalue weighted by Crippen LogP contribution is -2.26. The smallest absolute Gasteiger partial charge is 0.323 e. The number of benzene rings is 2. The van der Waals surface area contributed by atoms with Gasteiger partial charge in [-0.05, 0) is 48.9 Å². The molecule has 7 nitrogen and oxygen atoms in total. The van der Waals surface area contributed by atoms with Gasteiger partial charge in [0.05, 0.1) is 34.5 Å². The summed E-state index contributed by atoms with van der Waals surface area (Å²) in [4.78, 5) is 29.3. The van der Waals surface area contributed by atoms with Crippen LogP contribution in [0, 0.1) is 0 Å². The first-order chi connectivity index (χ1) is 13.0. The van der Waals surface area contributed by atoms with Gasteiger partial charge in [-0.2, -0.15) is 5.10 Å². The van der Waals surface area contributed by atoms with Crippen LogP contribution in [-0.4, -0.2) is 25.7 Å². The Morgan fingerprint density at radius 3 is 2.67 bits per heavy atom. The third kappa shape index (κ3) is 3.50. The van der Waals surface area contributed by atoms with E-state index >= 15 is 0 Å². The third-order valence-electron chi connectivity index (χ3n) is 4.32. The van der Waals surface area contributed by atoms with Gasteiger partial charge in [0.2, 0.25) is 0 Å². The normalized spacial score (nSPS) is 12.2. The van der Waals surface area contributed by atoms with Crippen molar-refractivity contribution in [1.29, 1.82) is 0 Å². The van der Waals surface area contributed by atoms with Gasteiger partial charge in [-0.25, -0.2) is 9.48 Å². The average molecular weight is 382 g/mol. The van der Waals surface area contributed by atoms with Crippen LogP contribution in [0.4, 0.5) is 0 Å². The van der Waals surface area contributed by atoms with Crippen LogP contribution >= 0.6 is 11.6 Å². The summed E-state index contributed by atoms with van der Waals surface area (Å²) in [5, 5.41) is 7.81. The molecule has 1 atom stereocenters. The number of halogens is 1. The van der Waals surface area contributed by atoms with Gasteiger partial charge in [-0.15, -0.1) is 0 Å². The van der Waals surface area contributed by atoms with Crippen molar-refractivity contribution in [3.63, 3.8) is 0 Å². The lowest BCUT2D eigenvalue weighted by molar-refractivity contribution is 0.0940. The van der Waals surface area contributed by atoms with E-state index in [4.69, 9.17) is 11.6 Å². The monoisotopic (exact) mass is 381 g/mol. The maximum absolute atomic E-state index is 12.5. The molecule has 0 aliphatic heterocycles. The molecule has 27 heavy (non-hydrogen) atoms. The number of aromatic nitrogens is 4. The van der Waals surface area contributed by atoms with E-state index in [0.717, 1.165) is 16.8 Å². The molecule has 4 rings (SSSR count). The second-order valence-corrected chi connectivity index (χ2v) is 6.67. The minimum Gasteiger partial charge on any atom is -0.345 e. The zero-order chi connectivity index (χ0) is 19.0. The minimum atomic E-state index is -0.256. The third-order valence-corrected chi connectivity index (χ3v) is 4.58. The molecule has 3 N–H and O–H groups in total. The molecule has 2 aromatic heterocycles. The fourth-order valence-corrected chi connectivity index (χ4v) is 2.98. The molecular formula is C19H16ClN5O2. The molecular weight excluding hydrogens is 366 g/mol. The van der Waals surface area contributed by atoms with Gasteiger partial charge in [-0.1, -0.05) is 17.7 Å². The van der Waals surface area contributed by atoms with Crippen molar-refractivity contribution in [3.05, 3.63) is 81.5 Å². The zero-order valence-corrected chi connectivity index (χ0v) is 15.1. The number of imidazole rings is 1. The van der Waals surface area contributed by atoms with Crippen LogP contribution in [0.5, 0.6) is 0 Å². The fraction of sp³-hybridized carbons (Fsp3) is 0.105. The van der Waals surface area contributed by atoms with E-state index in [1.54, 1.807) is 23.0 Å². The number of H-pyrrole nitrogens is 2. The molecule has 0 saturated heterocycles. The van der Waals surface area contributed by atoms with E-state index in [2.05, 4.69) is 20.4 Å². The highest BCUT2D eigenvalue weighted by atomic mass is 35.5. The summed E-state index contributed by atoms with van der Waals surface area (Å²) in [5.74, 6) is -0.231. The summed E-state index contributed by atoms with van der Waals surface area (Å²) in [7, 11) is 0. The fourth-order valence-electron chi connectivity index (χ4n) is 2.86. The number of amides is 1. The zero-order valence-electron chi connectivity index (χ0n) is 14.4. The van der Waals surface area contributed by atoms with Gasteiger partial charge in [0.25, 0.3) is 5.91 Å². The number of hydrogen-bond acceptors (Lipinski definition) is 3. The van der Waals surface area contributed by atoms with Gasteiger partial charge in [0.1, 0.15) is 0 Å². The Kier molecular flexibility index (Phi) is 4.29. The molecule has 0 spiro atoms. The molecule has 4 aromatic rings. The van der Waals surface area contributed by atoms with Crippen molar-refractivity contribution in [3.8, 4) is 5.69 Å². The standard InChI is InChI=1S/C19H16ClN5O2/c1-11(12-2-7-16-17(8-12)24-19(27)23-16)22-18(26)13-9-21-25(10-13)15-5-3-14(20)4-6-15/h2-11H,1H3,(H,22,26)(H2,23,24,27). The van der Waals surface area contributed by atoms with Crippen molar-refractivity contribution in [1.82, 2.24) is 25.1 Å². The lowest BCUT2D eigenvalue weighted by Gasteiger charge is -2.13. The highest BCUT2D eigenvalue weighted by Gasteiger charge is 2.14. The molecule has 0 fully saturated rings. The summed E-state index contributed by atoms with van der Waals surface area (Å²) in [6, 6.07) is 12.5. The second-order valence-electron chi connectivity index (χ2n) is 6.23.